The summed E-state index contributed by atoms with van der Waals surface area (Å²) in [6.07, 6.45) is 0. The number of fused-ring (bicyclic) bond motifs is 1. The Morgan fingerprint density at radius 1 is 0.923 bits per heavy atom. The normalized spacial score (nSPS) is 11.0. The Kier molecular flexibility index (Phi) is 3.90. The fourth-order valence-electron chi connectivity index (χ4n) is 3.23. The number of nitrogens with two attached hydrogens (primary N) is 1. The average molecular weight is 362 g/mol. The highest BCUT2D eigenvalue weighted by Gasteiger charge is 2.18. The van der Waals surface area contributed by atoms with Gasteiger partial charge in [0.25, 0.3) is 0 Å². The molecule has 0 unspecified atom stereocenters. The van der Waals surface area contributed by atoms with Gasteiger partial charge in [0.05, 0.1) is 11.2 Å². The summed E-state index contributed by atoms with van der Waals surface area (Å²) in [5, 5.41) is 20.4. The molecule has 0 aliphatic rings. The van der Waals surface area contributed by atoms with Gasteiger partial charge >= 0.3 is 0 Å². The van der Waals surface area contributed by atoms with Crippen LogP contribution in [0.3, 0.4) is 0 Å². The first-order chi connectivity index (χ1) is 12.6. The predicted octanol–water partition coefficient (Wildman–Crippen LogP) is 5.08. The Morgan fingerprint density at radius 3 is 2.38 bits per heavy atom. The lowest BCUT2D eigenvalue weighted by molar-refractivity contribution is 0.479. The van der Waals surface area contributed by atoms with Crippen LogP contribution in [0.2, 0.25) is 5.02 Å². The molecule has 4 rings (SSSR count). The molecular weight excluding hydrogens is 346 g/mol. The van der Waals surface area contributed by atoms with Gasteiger partial charge in [-0.05, 0) is 29.8 Å². The Labute approximate surface area is 155 Å². The van der Waals surface area contributed by atoms with Crippen molar-refractivity contribution in [3.8, 4) is 28.1 Å². The molecule has 0 fully saturated rings. The van der Waals surface area contributed by atoms with Crippen molar-refractivity contribution in [1.82, 2.24) is 4.57 Å². The lowest BCUT2D eigenvalue weighted by atomic mass is 10.00. The summed E-state index contributed by atoms with van der Waals surface area (Å²) in [6, 6.07) is 22.6. The number of aromatic hydroxyl groups is 1. The molecule has 1 aromatic heterocycles. The smallest absolute Gasteiger partial charge is 0.197 e. The number of phenols is 1. The maximum absolute atomic E-state index is 10.9. The van der Waals surface area contributed by atoms with Crippen LogP contribution in [-0.4, -0.2) is 15.6 Å². The van der Waals surface area contributed by atoms with Crippen molar-refractivity contribution in [2.24, 2.45) is 5.73 Å². The van der Waals surface area contributed by atoms with Crippen molar-refractivity contribution < 1.29 is 5.11 Å². The third-order valence-electron chi connectivity index (χ3n) is 4.40. The Hall–Kier alpha value is -3.24. The van der Waals surface area contributed by atoms with Crippen LogP contribution in [0.4, 0.5) is 0 Å². The number of halogens is 1. The molecule has 0 saturated carbocycles. The van der Waals surface area contributed by atoms with Gasteiger partial charge < -0.3 is 10.8 Å². The number of rotatable bonds is 2. The summed E-state index contributed by atoms with van der Waals surface area (Å²) in [5.74, 6) is 0.0110. The van der Waals surface area contributed by atoms with E-state index in [-0.39, 0.29) is 11.7 Å². The number of hydrogen-bond acceptors (Lipinski definition) is 2. The Balaban J connectivity index is 2.00. The lowest BCUT2D eigenvalue weighted by Gasteiger charge is -2.13. The van der Waals surface area contributed by atoms with Gasteiger partial charge in [0.1, 0.15) is 5.75 Å². The van der Waals surface area contributed by atoms with Gasteiger partial charge in [0.15, 0.2) is 5.96 Å². The van der Waals surface area contributed by atoms with Crippen molar-refractivity contribution in [3.63, 3.8) is 0 Å². The molecule has 4 N–H and O–H groups in total. The van der Waals surface area contributed by atoms with Crippen molar-refractivity contribution in [2.45, 2.75) is 0 Å². The van der Waals surface area contributed by atoms with Gasteiger partial charge in [-0.25, -0.2) is 0 Å². The number of hydrogen-bond donors (Lipinski definition) is 3. The Bertz CT molecular complexity index is 1130. The van der Waals surface area contributed by atoms with Crippen molar-refractivity contribution >= 4 is 28.5 Å². The van der Waals surface area contributed by atoms with Crippen LogP contribution in [-0.2, 0) is 0 Å². The van der Waals surface area contributed by atoms with Crippen molar-refractivity contribution in [1.29, 1.82) is 5.41 Å². The van der Waals surface area contributed by atoms with E-state index in [4.69, 9.17) is 22.7 Å². The van der Waals surface area contributed by atoms with E-state index in [1.54, 1.807) is 16.7 Å². The number of nitrogens with zero attached hydrogens (tertiary/aromatic N) is 1. The maximum atomic E-state index is 10.9. The van der Waals surface area contributed by atoms with Crippen molar-refractivity contribution in [3.05, 3.63) is 77.8 Å². The zero-order valence-electron chi connectivity index (χ0n) is 13.8. The van der Waals surface area contributed by atoms with E-state index in [1.807, 2.05) is 60.7 Å². The monoisotopic (exact) mass is 361 g/mol. The standard InChI is InChI=1S/C21H16ClN3O/c22-15-10-9-14-11-19(25(21(23)24)18(14)12-15)17-8-4-7-16(20(17)26)13-5-2-1-3-6-13/h1-12,26H,(H3,23,24). The topological polar surface area (TPSA) is 75.0 Å². The molecule has 4 aromatic rings. The molecule has 0 aliphatic heterocycles. The van der Waals surface area contributed by atoms with Crippen LogP contribution in [0.25, 0.3) is 33.3 Å². The molecule has 0 radical (unpaired) electrons. The fourth-order valence-corrected chi connectivity index (χ4v) is 3.40. The first-order valence-corrected chi connectivity index (χ1v) is 8.47. The van der Waals surface area contributed by atoms with Gasteiger partial charge in [0.2, 0.25) is 0 Å². The maximum Gasteiger partial charge on any atom is 0.197 e. The van der Waals surface area contributed by atoms with Crippen molar-refractivity contribution in [2.75, 3.05) is 0 Å². The largest absolute Gasteiger partial charge is 0.507 e. The molecule has 0 saturated heterocycles. The molecule has 1 heterocycles. The van der Waals surface area contributed by atoms with E-state index in [0.717, 1.165) is 22.0 Å². The van der Waals surface area contributed by atoms with E-state index in [2.05, 4.69) is 0 Å². The van der Waals surface area contributed by atoms with Crippen LogP contribution >= 0.6 is 11.6 Å². The highest BCUT2D eigenvalue weighted by Crippen LogP contribution is 2.40. The van der Waals surface area contributed by atoms with E-state index >= 15 is 0 Å². The Morgan fingerprint density at radius 2 is 1.65 bits per heavy atom. The second-order valence-electron chi connectivity index (χ2n) is 6.02. The second-order valence-corrected chi connectivity index (χ2v) is 6.46. The molecule has 26 heavy (non-hydrogen) atoms. The van der Waals surface area contributed by atoms with E-state index in [0.29, 0.717) is 16.3 Å². The summed E-state index contributed by atoms with van der Waals surface area (Å²) < 4.78 is 1.59. The molecule has 3 aromatic carbocycles. The molecule has 128 valence electrons. The molecule has 0 spiro atoms. The van der Waals surface area contributed by atoms with Crippen LogP contribution in [0.15, 0.2) is 72.8 Å². The van der Waals surface area contributed by atoms with Gasteiger partial charge in [-0.3, -0.25) is 9.98 Å². The molecular formula is C21H16ClN3O. The third-order valence-corrected chi connectivity index (χ3v) is 4.64. The summed E-state index contributed by atoms with van der Waals surface area (Å²) in [6.45, 7) is 0. The average Bonchev–Trinajstić information content (AvgIpc) is 3.01. The van der Waals surface area contributed by atoms with Gasteiger partial charge in [-0.2, -0.15) is 0 Å². The third kappa shape index (κ3) is 2.61. The number of para-hydroxylation sites is 1. The number of phenolic OH excluding ortho intramolecular Hbond substituents is 1. The lowest BCUT2D eigenvalue weighted by Crippen LogP contribution is -2.21. The highest BCUT2D eigenvalue weighted by atomic mass is 35.5. The summed E-state index contributed by atoms with van der Waals surface area (Å²) in [5.41, 5.74) is 9.45. The van der Waals surface area contributed by atoms with Crippen LogP contribution in [0.1, 0.15) is 0 Å². The zero-order valence-corrected chi connectivity index (χ0v) is 14.5. The molecule has 0 amide bonds. The van der Waals surface area contributed by atoms with Gasteiger partial charge in [-0.1, -0.05) is 60.1 Å². The molecule has 0 bridgehead atoms. The van der Waals surface area contributed by atoms with E-state index < -0.39 is 0 Å². The summed E-state index contributed by atoms with van der Waals surface area (Å²) >= 11 is 6.11. The first-order valence-electron chi connectivity index (χ1n) is 8.09. The summed E-state index contributed by atoms with van der Waals surface area (Å²) in [4.78, 5) is 0. The number of nitrogens with one attached hydrogen (secondary N) is 1. The predicted molar refractivity (Wildman–Crippen MR) is 107 cm³/mol. The quantitative estimate of drug-likeness (QED) is 0.344. The SMILES string of the molecule is N=C(N)n1c(-c2cccc(-c3ccccc3)c2O)cc2ccc(Cl)cc21. The zero-order chi connectivity index (χ0) is 18.3. The number of aromatic nitrogens is 1. The molecule has 5 heteroatoms. The minimum atomic E-state index is -0.137. The molecule has 0 atom stereocenters. The van der Waals surface area contributed by atoms with E-state index in [9.17, 15) is 5.11 Å². The van der Waals surface area contributed by atoms with Gasteiger partial charge in [-0.15, -0.1) is 0 Å². The number of nitrogen functional groups attached to an aromatic ring is 1. The number of benzene rings is 3. The highest BCUT2D eigenvalue weighted by molar-refractivity contribution is 6.31. The molecule has 0 aliphatic carbocycles. The minimum Gasteiger partial charge on any atom is -0.507 e. The molecule has 4 nitrogen and oxygen atoms in total. The van der Waals surface area contributed by atoms with Crippen LogP contribution < -0.4 is 5.73 Å². The first kappa shape index (κ1) is 16.2. The second kappa shape index (κ2) is 6.24. The van der Waals surface area contributed by atoms with Crippen LogP contribution in [0, 0.1) is 5.41 Å². The summed E-state index contributed by atoms with van der Waals surface area (Å²) in [7, 11) is 0. The fraction of sp³-hybridized carbons (Fsp3) is 0. The van der Waals surface area contributed by atoms with Crippen LogP contribution in [0.5, 0.6) is 5.75 Å². The van der Waals surface area contributed by atoms with E-state index in [1.165, 1.54) is 0 Å². The minimum absolute atomic E-state index is 0.137. The van der Waals surface area contributed by atoms with Gasteiger partial charge in [0, 0.05) is 21.5 Å².